The van der Waals surface area contributed by atoms with Crippen molar-refractivity contribution in [1.29, 1.82) is 0 Å². The predicted octanol–water partition coefficient (Wildman–Crippen LogP) is 1.79. The maximum absolute atomic E-state index is 12.7. The Kier molecular flexibility index (Phi) is 4.76. The molecule has 2 aromatic rings. The number of carbonyl (C=O) groups excluding carboxylic acids is 1. The molecule has 0 atom stereocenters. The van der Waals surface area contributed by atoms with Crippen LogP contribution in [0.3, 0.4) is 0 Å². The van der Waals surface area contributed by atoms with Crippen molar-refractivity contribution in [3.8, 4) is 0 Å². The Labute approximate surface area is 153 Å². The number of aromatic nitrogens is 2. The average Bonchev–Trinajstić information content (AvgIpc) is 3.21. The molecule has 1 saturated heterocycles. The number of hydrogen-bond acceptors (Lipinski definition) is 4. The highest BCUT2D eigenvalue weighted by atomic mass is 16.2. The van der Waals surface area contributed by atoms with Gasteiger partial charge in [-0.25, -0.2) is 4.68 Å². The van der Waals surface area contributed by atoms with E-state index in [0.717, 1.165) is 37.3 Å². The van der Waals surface area contributed by atoms with Gasteiger partial charge in [-0.05, 0) is 25.8 Å². The van der Waals surface area contributed by atoms with Crippen molar-refractivity contribution >= 4 is 16.7 Å². The van der Waals surface area contributed by atoms with Crippen LogP contribution in [0.15, 0.2) is 29.1 Å². The second kappa shape index (κ2) is 7.19. The van der Waals surface area contributed by atoms with Crippen molar-refractivity contribution in [2.24, 2.45) is 0 Å². The minimum atomic E-state index is -0.191. The Morgan fingerprint density at radius 2 is 1.73 bits per heavy atom. The molecule has 26 heavy (non-hydrogen) atoms. The Balaban J connectivity index is 1.45. The standard InChI is InChI=1S/C20H26N4O2/c1-15-17-8-4-5-9-18(17)20(26)24(21-15)14-19(25)23-12-10-22(11-13-23)16-6-2-3-7-16/h4-5,8-9,16H,2-3,6-7,10-14H2,1H3. The summed E-state index contributed by atoms with van der Waals surface area (Å²) in [6.07, 6.45) is 5.26. The molecular formula is C20H26N4O2. The van der Waals surface area contributed by atoms with Gasteiger partial charge in [0.25, 0.3) is 5.56 Å². The first-order chi connectivity index (χ1) is 12.6. The molecule has 6 nitrogen and oxygen atoms in total. The van der Waals surface area contributed by atoms with E-state index >= 15 is 0 Å². The zero-order valence-corrected chi connectivity index (χ0v) is 15.4. The van der Waals surface area contributed by atoms with Crippen LogP contribution in [0.5, 0.6) is 0 Å². The summed E-state index contributed by atoms with van der Waals surface area (Å²) in [5, 5.41) is 5.84. The van der Waals surface area contributed by atoms with Crippen LogP contribution in [0, 0.1) is 6.92 Å². The lowest BCUT2D eigenvalue weighted by molar-refractivity contribution is -0.134. The SMILES string of the molecule is Cc1nn(CC(=O)N2CCN(C3CCCC3)CC2)c(=O)c2ccccc12. The third kappa shape index (κ3) is 3.26. The minimum Gasteiger partial charge on any atom is -0.339 e. The highest BCUT2D eigenvalue weighted by Crippen LogP contribution is 2.24. The van der Waals surface area contributed by atoms with Gasteiger partial charge in [0.1, 0.15) is 6.54 Å². The zero-order chi connectivity index (χ0) is 18.1. The van der Waals surface area contributed by atoms with Crippen molar-refractivity contribution in [1.82, 2.24) is 19.6 Å². The first kappa shape index (κ1) is 17.2. The summed E-state index contributed by atoms with van der Waals surface area (Å²) >= 11 is 0. The van der Waals surface area contributed by atoms with Gasteiger partial charge in [0, 0.05) is 37.6 Å². The molecule has 0 N–H and O–H groups in total. The van der Waals surface area contributed by atoms with Gasteiger partial charge in [-0.15, -0.1) is 0 Å². The molecule has 1 saturated carbocycles. The summed E-state index contributed by atoms with van der Waals surface area (Å²) in [4.78, 5) is 29.8. The molecule has 1 amide bonds. The maximum Gasteiger partial charge on any atom is 0.275 e. The number of rotatable bonds is 3. The molecule has 0 unspecified atom stereocenters. The second-order valence-corrected chi connectivity index (χ2v) is 7.45. The second-order valence-electron chi connectivity index (χ2n) is 7.45. The predicted molar refractivity (Wildman–Crippen MR) is 101 cm³/mol. The van der Waals surface area contributed by atoms with E-state index in [0.29, 0.717) is 11.4 Å². The van der Waals surface area contributed by atoms with E-state index in [1.54, 1.807) is 6.07 Å². The van der Waals surface area contributed by atoms with Gasteiger partial charge in [-0.3, -0.25) is 14.5 Å². The lowest BCUT2D eigenvalue weighted by atomic mass is 10.1. The lowest BCUT2D eigenvalue weighted by Crippen LogP contribution is -2.52. The molecule has 2 fully saturated rings. The highest BCUT2D eigenvalue weighted by molar-refractivity contribution is 5.83. The van der Waals surface area contributed by atoms with E-state index in [2.05, 4.69) is 10.00 Å². The molecule has 1 aromatic carbocycles. The fraction of sp³-hybridized carbons (Fsp3) is 0.550. The number of aryl methyl sites for hydroxylation is 1. The van der Waals surface area contributed by atoms with Gasteiger partial charge >= 0.3 is 0 Å². The summed E-state index contributed by atoms with van der Waals surface area (Å²) < 4.78 is 1.32. The molecule has 2 aliphatic rings. The molecule has 6 heteroatoms. The lowest BCUT2D eigenvalue weighted by Gasteiger charge is -2.38. The first-order valence-corrected chi connectivity index (χ1v) is 9.62. The van der Waals surface area contributed by atoms with Crippen LogP contribution in [0.1, 0.15) is 31.4 Å². The van der Waals surface area contributed by atoms with Gasteiger partial charge in [0.15, 0.2) is 0 Å². The van der Waals surface area contributed by atoms with Gasteiger partial charge in [-0.2, -0.15) is 5.10 Å². The summed E-state index contributed by atoms with van der Waals surface area (Å²) in [5.74, 6) is -0.0136. The summed E-state index contributed by atoms with van der Waals surface area (Å²) in [7, 11) is 0. The third-order valence-corrected chi connectivity index (χ3v) is 5.85. The monoisotopic (exact) mass is 354 g/mol. The van der Waals surface area contributed by atoms with Crippen LogP contribution in [-0.2, 0) is 11.3 Å². The maximum atomic E-state index is 12.7. The zero-order valence-electron chi connectivity index (χ0n) is 15.4. The van der Waals surface area contributed by atoms with E-state index in [4.69, 9.17) is 0 Å². The van der Waals surface area contributed by atoms with Crippen molar-refractivity contribution in [2.45, 2.75) is 45.2 Å². The molecule has 1 aliphatic heterocycles. The topological polar surface area (TPSA) is 58.4 Å². The molecule has 1 aliphatic carbocycles. The number of piperazine rings is 1. The van der Waals surface area contributed by atoms with Gasteiger partial charge < -0.3 is 4.90 Å². The summed E-state index contributed by atoms with van der Waals surface area (Å²) in [6, 6.07) is 8.15. The fourth-order valence-corrected chi connectivity index (χ4v) is 4.35. The van der Waals surface area contributed by atoms with E-state index in [1.165, 1.54) is 30.4 Å². The van der Waals surface area contributed by atoms with Crippen LogP contribution < -0.4 is 5.56 Å². The normalized spacial score (nSPS) is 19.3. The number of carbonyl (C=O) groups is 1. The third-order valence-electron chi connectivity index (χ3n) is 5.85. The Morgan fingerprint density at radius 3 is 2.42 bits per heavy atom. The Bertz CT molecular complexity index is 862. The molecule has 1 aromatic heterocycles. The smallest absolute Gasteiger partial charge is 0.275 e. The van der Waals surface area contributed by atoms with Gasteiger partial charge in [-0.1, -0.05) is 31.0 Å². The fourth-order valence-electron chi connectivity index (χ4n) is 4.35. The summed E-state index contributed by atoms with van der Waals surface area (Å²) in [6.45, 7) is 5.27. The van der Waals surface area contributed by atoms with Crippen molar-refractivity contribution in [3.63, 3.8) is 0 Å². The quantitative estimate of drug-likeness (QED) is 0.843. The molecule has 0 spiro atoms. The van der Waals surface area contributed by atoms with E-state index < -0.39 is 0 Å². The van der Waals surface area contributed by atoms with Crippen LogP contribution in [-0.4, -0.2) is 57.7 Å². The first-order valence-electron chi connectivity index (χ1n) is 9.62. The van der Waals surface area contributed by atoms with Crippen LogP contribution in [0.4, 0.5) is 0 Å². The number of benzene rings is 1. The average molecular weight is 354 g/mol. The molecule has 0 bridgehead atoms. The van der Waals surface area contributed by atoms with Crippen LogP contribution in [0.25, 0.3) is 10.8 Å². The molecule has 0 radical (unpaired) electrons. The van der Waals surface area contributed by atoms with E-state index in [9.17, 15) is 9.59 Å². The summed E-state index contributed by atoms with van der Waals surface area (Å²) in [5.41, 5.74) is 0.586. The molecule has 138 valence electrons. The van der Waals surface area contributed by atoms with E-state index in [1.807, 2.05) is 30.0 Å². The largest absolute Gasteiger partial charge is 0.339 e. The van der Waals surface area contributed by atoms with Gasteiger partial charge in [0.05, 0.1) is 11.1 Å². The van der Waals surface area contributed by atoms with Crippen LogP contribution >= 0.6 is 0 Å². The Morgan fingerprint density at radius 1 is 1.08 bits per heavy atom. The molecule has 4 rings (SSSR count). The Hall–Kier alpha value is -2.21. The van der Waals surface area contributed by atoms with Crippen molar-refractivity contribution in [3.05, 3.63) is 40.3 Å². The number of fused-ring (bicyclic) bond motifs is 1. The number of amides is 1. The number of nitrogens with zero attached hydrogens (tertiary/aromatic N) is 4. The number of hydrogen-bond donors (Lipinski definition) is 0. The molecular weight excluding hydrogens is 328 g/mol. The van der Waals surface area contributed by atoms with Crippen LogP contribution in [0.2, 0.25) is 0 Å². The van der Waals surface area contributed by atoms with Gasteiger partial charge in [0.2, 0.25) is 5.91 Å². The molecule has 2 heterocycles. The van der Waals surface area contributed by atoms with Crippen molar-refractivity contribution < 1.29 is 4.79 Å². The highest BCUT2D eigenvalue weighted by Gasteiger charge is 2.28. The minimum absolute atomic E-state index is 0.0136. The van der Waals surface area contributed by atoms with Crippen molar-refractivity contribution in [2.75, 3.05) is 26.2 Å². The van der Waals surface area contributed by atoms with E-state index in [-0.39, 0.29) is 18.0 Å².